The fourth-order valence-electron chi connectivity index (χ4n) is 3.83. The van der Waals surface area contributed by atoms with Crippen LogP contribution in [0.2, 0.25) is 0 Å². The Balaban J connectivity index is 2.01. The van der Waals surface area contributed by atoms with Crippen molar-refractivity contribution in [3.05, 3.63) is 29.8 Å². The first-order valence-electron chi connectivity index (χ1n) is 11.2. The van der Waals surface area contributed by atoms with Gasteiger partial charge in [0.15, 0.2) is 5.65 Å². The largest absolute Gasteiger partial charge is 0.462 e. The molecule has 0 spiro atoms. The van der Waals surface area contributed by atoms with E-state index in [0.717, 1.165) is 36.7 Å². The topological polar surface area (TPSA) is 83.0 Å². The Morgan fingerprint density at radius 2 is 1.73 bits per heavy atom. The quantitative estimate of drug-likeness (QED) is 0.332. The molecule has 1 atom stereocenters. The van der Waals surface area contributed by atoms with Crippen molar-refractivity contribution >= 4 is 34.0 Å². The molecule has 1 unspecified atom stereocenters. The van der Waals surface area contributed by atoms with Crippen molar-refractivity contribution in [3.63, 3.8) is 0 Å². The van der Waals surface area contributed by atoms with Crippen LogP contribution < -0.4 is 5.73 Å². The van der Waals surface area contributed by atoms with E-state index in [-0.39, 0.29) is 6.04 Å². The number of nitrogen functional groups attached to an aromatic ring is 1. The molecule has 6 heteroatoms. The highest BCUT2D eigenvalue weighted by molar-refractivity contribution is 6.08. The van der Waals surface area contributed by atoms with Gasteiger partial charge in [0.2, 0.25) is 0 Å². The summed E-state index contributed by atoms with van der Waals surface area (Å²) in [4.78, 5) is 22.5. The number of unbranched alkanes of at least 4 members (excludes halogenated alkanes) is 2. The van der Waals surface area contributed by atoms with Crippen molar-refractivity contribution < 1.29 is 9.53 Å². The molecule has 0 aliphatic heterocycles. The van der Waals surface area contributed by atoms with E-state index in [9.17, 15) is 4.79 Å². The minimum absolute atomic E-state index is 0.118. The van der Waals surface area contributed by atoms with Crippen LogP contribution in [0.5, 0.6) is 0 Å². The van der Waals surface area contributed by atoms with Gasteiger partial charge in [0.05, 0.1) is 17.6 Å². The number of carbonyl (C=O) groups is 1. The number of anilines is 1. The van der Waals surface area contributed by atoms with E-state index in [1.165, 1.54) is 12.8 Å². The standard InChI is InChI=1S/C24H34N4O2/c1-5-6-15-30-24(29)20-21-23(27-19-14-10-9-13-18(19)26-21)28(22(20)25)17(4)12-8-7-11-16(2)3/h9-10,13-14,16-17H,5-8,11-12,15,25H2,1-4H3. The molecule has 2 heterocycles. The predicted molar refractivity (Wildman–Crippen MR) is 123 cm³/mol. The van der Waals surface area contributed by atoms with Gasteiger partial charge in [-0.1, -0.05) is 58.6 Å². The van der Waals surface area contributed by atoms with Gasteiger partial charge in [-0.2, -0.15) is 0 Å². The van der Waals surface area contributed by atoms with Gasteiger partial charge in [-0.05, 0) is 37.8 Å². The Morgan fingerprint density at radius 1 is 1.07 bits per heavy atom. The molecule has 3 rings (SSSR count). The van der Waals surface area contributed by atoms with E-state index in [1.807, 2.05) is 28.8 Å². The van der Waals surface area contributed by atoms with Crippen LogP contribution in [0.15, 0.2) is 24.3 Å². The molecule has 2 aromatic heterocycles. The Morgan fingerprint density at radius 3 is 2.40 bits per heavy atom. The molecule has 6 nitrogen and oxygen atoms in total. The SMILES string of the molecule is CCCCOC(=O)c1c(N)n(C(C)CCCCC(C)C)c2nc3ccccc3nc12. The Hall–Kier alpha value is -2.63. The Kier molecular flexibility index (Phi) is 7.29. The maximum Gasteiger partial charge on any atom is 0.344 e. The summed E-state index contributed by atoms with van der Waals surface area (Å²) in [6, 6.07) is 7.81. The maximum atomic E-state index is 12.9. The van der Waals surface area contributed by atoms with Crippen molar-refractivity contribution in [2.24, 2.45) is 5.92 Å². The number of carbonyl (C=O) groups excluding carboxylic acids is 1. The van der Waals surface area contributed by atoms with Crippen LogP contribution in [0.4, 0.5) is 5.82 Å². The molecule has 0 bridgehead atoms. The molecule has 0 radical (unpaired) electrons. The zero-order valence-electron chi connectivity index (χ0n) is 18.6. The van der Waals surface area contributed by atoms with Gasteiger partial charge in [0, 0.05) is 6.04 Å². The third kappa shape index (κ3) is 4.74. The second-order valence-corrected chi connectivity index (χ2v) is 8.53. The van der Waals surface area contributed by atoms with Gasteiger partial charge < -0.3 is 15.0 Å². The molecule has 162 valence electrons. The van der Waals surface area contributed by atoms with Crippen LogP contribution in [0.25, 0.3) is 22.2 Å². The van der Waals surface area contributed by atoms with E-state index in [4.69, 9.17) is 20.4 Å². The monoisotopic (exact) mass is 410 g/mol. The molecular formula is C24H34N4O2. The van der Waals surface area contributed by atoms with E-state index in [1.54, 1.807) is 0 Å². The normalized spacial score (nSPS) is 12.7. The lowest BCUT2D eigenvalue weighted by molar-refractivity contribution is 0.0503. The molecule has 0 aliphatic carbocycles. The van der Waals surface area contributed by atoms with Crippen LogP contribution in [0.1, 0.15) is 82.6 Å². The molecule has 0 aliphatic rings. The number of nitrogens with zero attached hydrogens (tertiary/aromatic N) is 3. The van der Waals surface area contributed by atoms with Gasteiger partial charge in [-0.3, -0.25) is 0 Å². The third-order valence-corrected chi connectivity index (χ3v) is 5.56. The van der Waals surface area contributed by atoms with Crippen molar-refractivity contribution in [1.82, 2.24) is 14.5 Å². The summed E-state index contributed by atoms with van der Waals surface area (Å²) in [5.74, 6) is 0.693. The summed E-state index contributed by atoms with van der Waals surface area (Å²) in [5, 5.41) is 0. The van der Waals surface area contributed by atoms with E-state index in [0.29, 0.717) is 35.1 Å². The number of ether oxygens (including phenoxy) is 1. The van der Waals surface area contributed by atoms with Gasteiger partial charge in [-0.15, -0.1) is 0 Å². The lowest BCUT2D eigenvalue weighted by Gasteiger charge is -2.17. The molecule has 0 saturated carbocycles. The number of rotatable bonds is 10. The molecule has 0 saturated heterocycles. The zero-order valence-corrected chi connectivity index (χ0v) is 18.6. The zero-order chi connectivity index (χ0) is 21.7. The minimum Gasteiger partial charge on any atom is -0.462 e. The van der Waals surface area contributed by atoms with Crippen LogP contribution in [-0.2, 0) is 4.74 Å². The summed E-state index contributed by atoms with van der Waals surface area (Å²) >= 11 is 0. The van der Waals surface area contributed by atoms with Crippen molar-refractivity contribution in [2.75, 3.05) is 12.3 Å². The summed E-state index contributed by atoms with van der Waals surface area (Å²) in [6.07, 6.45) is 6.26. The fraction of sp³-hybridized carbons (Fsp3) is 0.542. The number of para-hydroxylation sites is 2. The van der Waals surface area contributed by atoms with Crippen molar-refractivity contribution in [1.29, 1.82) is 0 Å². The van der Waals surface area contributed by atoms with Gasteiger partial charge in [-0.25, -0.2) is 14.8 Å². The second-order valence-electron chi connectivity index (χ2n) is 8.53. The van der Waals surface area contributed by atoms with Crippen LogP contribution in [0, 0.1) is 5.92 Å². The average molecular weight is 411 g/mol. The Bertz CT molecular complexity index is 1010. The summed E-state index contributed by atoms with van der Waals surface area (Å²) in [7, 11) is 0. The molecule has 30 heavy (non-hydrogen) atoms. The third-order valence-electron chi connectivity index (χ3n) is 5.56. The summed E-state index contributed by atoms with van der Waals surface area (Å²) in [5.41, 5.74) is 9.59. The second kappa shape index (κ2) is 9.92. The van der Waals surface area contributed by atoms with Crippen LogP contribution >= 0.6 is 0 Å². The average Bonchev–Trinajstić information content (AvgIpc) is 3.00. The molecule has 0 fully saturated rings. The van der Waals surface area contributed by atoms with E-state index < -0.39 is 5.97 Å². The number of benzene rings is 1. The molecule has 3 aromatic rings. The lowest BCUT2D eigenvalue weighted by atomic mass is 10.0. The number of esters is 1. The van der Waals surface area contributed by atoms with E-state index >= 15 is 0 Å². The first-order chi connectivity index (χ1) is 14.4. The number of nitrogens with two attached hydrogens (primary N) is 1. The highest BCUT2D eigenvalue weighted by Crippen LogP contribution is 2.33. The van der Waals surface area contributed by atoms with Gasteiger partial charge in [0.1, 0.15) is 16.9 Å². The molecule has 1 aromatic carbocycles. The minimum atomic E-state index is -0.415. The summed E-state index contributed by atoms with van der Waals surface area (Å²) < 4.78 is 7.46. The highest BCUT2D eigenvalue weighted by atomic mass is 16.5. The first-order valence-corrected chi connectivity index (χ1v) is 11.2. The van der Waals surface area contributed by atoms with Crippen molar-refractivity contribution in [2.45, 2.75) is 72.3 Å². The summed E-state index contributed by atoms with van der Waals surface area (Å²) in [6.45, 7) is 9.07. The highest BCUT2D eigenvalue weighted by Gasteiger charge is 2.27. The van der Waals surface area contributed by atoms with Crippen LogP contribution in [0.3, 0.4) is 0 Å². The number of hydrogen-bond donors (Lipinski definition) is 1. The van der Waals surface area contributed by atoms with Gasteiger partial charge >= 0.3 is 5.97 Å². The number of fused-ring (bicyclic) bond motifs is 2. The molecular weight excluding hydrogens is 376 g/mol. The van der Waals surface area contributed by atoms with E-state index in [2.05, 4.69) is 27.7 Å². The molecule has 2 N–H and O–H groups in total. The van der Waals surface area contributed by atoms with Crippen molar-refractivity contribution in [3.8, 4) is 0 Å². The van der Waals surface area contributed by atoms with Gasteiger partial charge in [0.25, 0.3) is 0 Å². The predicted octanol–water partition coefficient (Wildman–Crippen LogP) is 5.90. The number of hydrogen-bond acceptors (Lipinski definition) is 5. The maximum absolute atomic E-state index is 12.9. The smallest absolute Gasteiger partial charge is 0.344 e. The number of aromatic nitrogens is 3. The fourth-order valence-corrected chi connectivity index (χ4v) is 3.83. The Labute approximate surface area is 178 Å². The lowest BCUT2D eigenvalue weighted by Crippen LogP contribution is -2.13. The molecule has 0 amide bonds. The van der Waals surface area contributed by atoms with Crippen LogP contribution in [-0.4, -0.2) is 27.1 Å². The first kappa shape index (κ1) is 22.1.